The summed E-state index contributed by atoms with van der Waals surface area (Å²) in [5.41, 5.74) is 6.27. The summed E-state index contributed by atoms with van der Waals surface area (Å²) < 4.78 is 0. The Labute approximate surface area is 126 Å². The average Bonchev–Trinajstić information content (AvgIpc) is 3.03. The second kappa shape index (κ2) is 8.77. The number of hydrogen-bond acceptors (Lipinski definition) is 4. The van der Waals surface area contributed by atoms with E-state index in [4.69, 9.17) is 10.7 Å². The number of carbonyl (C=O) groups excluding carboxylic acids is 1. The van der Waals surface area contributed by atoms with Crippen LogP contribution in [-0.4, -0.2) is 12.5 Å². The lowest BCUT2D eigenvalue weighted by molar-refractivity contribution is -0.126. The third-order valence-corrected chi connectivity index (χ3v) is 4.12. The summed E-state index contributed by atoms with van der Waals surface area (Å²) >= 11 is 0. The number of hydrazine groups is 1. The van der Waals surface area contributed by atoms with E-state index in [0.29, 0.717) is 19.1 Å². The van der Waals surface area contributed by atoms with Crippen LogP contribution in [-0.2, 0) is 16.2 Å². The van der Waals surface area contributed by atoms with Gasteiger partial charge in [0.25, 0.3) is 0 Å². The molecule has 1 aromatic rings. The summed E-state index contributed by atoms with van der Waals surface area (Å²) in [7, 11) is 0. The van der Waals surface area contributed by atoms with Gasteiger partial charge in [-0.15, -0.1) is 0 Å². The predicted molar refractivity (Wildman–Crippen MR) is 81.6 cm³/mol. The fourth-order valence-corrected chi connectivity index (χ4v) is 2.92. The highest BCUT2D eigenvalue weighted by molar-refractivity contribution is 5.78. The molecule has 2 rings (SSSR count). The molecule has 1 saturated carbocycles. The van der Waals surface area contributed by atoms with E-state index in [1.54, 1.807) is 0 Å². The monoisotopic (exact) mass is 291 g/mol. The Hall–Kier alpha value is -1.43. The van der Waals surface area contributed by atoms with Crippen molar-refractivity contribution >= 4 is 5.91 Å². The van der Waals surface area contributed by atoms with E-state index < -0.39 is 0 Å². The van der Waals surface area contributed by atoms with Crippen molar-refractivity contribution in [2.24, 2.45) is 17.7 Å². The molecule has 0 aliphatic heterocycles. The normalized spacial score (nSPS) is 16.8. The lowest BCUT2D eigenvalue weighted by Crippen LogP contribution is -2.41. The zero-order valence-electron chi connectivity index (χ0n) is 12.4. The second-order valence-corrected chi connectivity index (χ2v) is 5.71. The van der Waals surface area contributed by atoms with Gasteiger partial charge in [0.15, 0.2) is 0 Å². The Balaban J connectivity index is 1.72. The number of carbonyl (C=O) groups is 1. The molecule has 21 heavy (non-hydrogen) atoms. The van der Waals surface area contributed by atoms with E-state index in [-0.39, 0.29) is 11.8 Å². The largest absolute Gasteiger partial charge is 0.297 e. The Bertz CT molecular complexity index is 419. The first-order valence-corrected chi connectivity index (χ1v) is 7.68. The van der Waals surface area contributed by atoms with Gasteiger partial charge in [0, 0.05) is 6.54 Å². The number of amides is 1. The first-order chi connectivity index (χ1) is 10.3. The molecule has 0 heterocycles. The summed E-state index contributed by atoms with van der Waals surface area (Å²) in [6.45, 7) is 0.980. The minimum Gasteiger partial charge on any atom is -0.297 e. The van der Waals surface area contributed by atoms with Gasteiger partial charge in [0.1, 0.15) is 0 Å². The van der Waals surface area contributed by atoms with E-state index >= 15 is 0 Å². The van der Waals surface area contributed by atoms with Gasteiger partial charge in [-0.25, -0.2) is 11.3 Å². The molecule has 116 valence electrons. The van der Waals surface area contributed by atoms with Crippen molar-refractivity contribution in [3.63, 3.8) is 0 Å². The molecule has 0 bridgehead atoms. The van der Waals surface area contributed by atoms with Crippen LogP contribution < -0.4 is 16.7 Å². The van der Waals surface area contributed by atoms with Gasteiger partial charge in [0.2, 0.25) is 5.91 Å². The van der Waals surface area contributed by atoms with E-state index in [1.807, 2.05) is 30.3 Å². The third kappa shape index (κ3) is 5.46. The summed E-state index contributed by atoms with van der Waals surface area (Å²) in [6, 6.07) is 9.93. The third-order valence-electron chi connectivity index (χ3n) is 4.12. The first kappa shape index (κ1) is 15.9. The van der Waals surface area contributed by atoms with Crippen LogP contribution in [0, 0.1) is 11.8 Å². The van der Waals surface area contributed by atoms with Crippen LogP contribution in [0.4, 0.5) is 0 Å². The Morgan fingerprint density at radius 2 is 2.00 bits per heavy atom. The quantitative estimate of drug-likeness (QED) is 0.296. The van der Waals surface area contributed by atoms with Crippen molar-refractivity contribution < 1.29 is 9.63 Å². The molecule has 1 aliphatic carbocycles. The number of nitrogens with one attached hydrogen (secondary N) is 2. The highest BCUT2D eigenvalue weighted by Gasteiger charge is 2.24. The van der Waals surface area contributed by atoms with Gasteiger partial charge in [-0.2, -0.15) is 0 Å². The van der Waals surface area contributed by atoms with Gasteiger partial charge < -0.3 is 0 Å². The van der Waals surface area contributed by atoms with Crippen molar-refractivity contribution in [3.05, 3.63) is 35.9 Å². The standard InChI is InChI=1S/C16H25N3O2/c17-19-16(20)15(10-13-6-4-5-7-13)11-18-21-12-14-8-2-1-3-9-14/h1-3,8-9,13,15,18H,4-7,10-12,17H2,(H,19,20). The molecule has 1 aromatic carbocycles. The molecule has 0 saturated heterocycles. The van der Waals surface area contributed by atoms with Gasteiger partial charge in [-0.1, -0.05) is 56.0 Å². The molecule has 1 aliphatic rings. The van der Waals surface area contributed by atoms with E-state index in [1.165, 1.54) is 25.7 Å². The Kier molecular flexibility index (Phi) is 6.66. The number of nitrogens with two attached hydrogens (primary N) is 1. The van der Waals surface area contributed by atoms with Gasteiger partial charge >= 0.3 is 0 Å². The molecule has 0 aromatic heterocycles. The second-order valence-electron chi connectivity index (χ2n) is 5.71. The molecule has 0 radical (unpaired) electrons. The topological polar surface area (TPSA) is 76.4 Å². The van der Waals surface area contributed by atoms with Crippen LogP contribution in [0.2, 0.25) is 0 Å². The van der Waals surface area contributed by atoms with Crippen molar-refractivity contribution in [1.82, 2.24) is 10.9 Å². The highest BCUT2D eigenvalue weighted by Crippen LogP contribution is 2.30. The van der Waals surface area contributed by atoms with Crippen molar-refractivity contribution in [2.45, 2.75) is 38.7 Å². The lowest BCUT2D eigenvalue weighted by Gasteiger charge is -2.19. The number of hydroxylamine groups is 1. The van der Waals surface area contributed by atoms with Crippen molar-refractivity contribution in [2.75, 3.05) is 6.54 Å². The summed E-state index contributed by atoms with van der Waals surface area (Å²) in [5.74, 6) is 5.67. The average molecular weight is 291 g/mol. The fraction of sp³-hybridized carbons (Fsp3) is 0.562. The van der Waals surface area contributed by atoms with Crippen LogP contribution in [0.15, 0.2) is 30.3 Å². The number of rotatable bonds is 8. The van der Waals surface area contributed by atoms with Crippen LogP contribution in [0.25, 0.3) is 0 Å². The molecule has 5 nitrogen and oxygen atoms in total. The van der Waals surface area contributed by atoms with Gasteiger partial charge in [0.05, 0.1) is 12.5 Å². The number of benzene rings is 1. The van der Waals surface area contributed by atoms with Crippen LogP contribution in [0.5, 0.6) is 0 Å². The maximum Gasteiger partial charge on any atom is 0.238 e. The molecule has 5 heteroatoms. The number of hydrogen-bond donors (Lipinski definition) is 3. The SMILES string of the molecule is NNC(=O)C(CNOCc1ccccc1)CC1CCCC1. The van der Waals surface area contributed by atoms with E-state index in [9.17, 15) is 4.79 Å². The molecule has 4 N–H and O–H groups in total. The minimum absolute atomic E-state index is 0.113. The summed E-state index contributed by atoms with van der Waals surface area (Å²) in [4.78, 5) is 17.3. The van der Waals surface area contributed by atoms with Crippen molar-refractivity contribution in [3.8, 4) is 0 Å². The van der Waals surface area contributed by atoms with E-state index in [2.05, 4.69) is 10.9 Å². The highest BCUT2D eigenvalue weighted by atomic mass is 16.6. The molecule has 1 unspecified atom stereocenters. The van der Waals surface area contributed by atoms with Gasteiger partial charge in [-0.3, -0.25) is 15.1 Å². The predicted octanol–water partition coefficient (Wildman–Crippen LogP) is 1.89. The Morgan fingerprint density at radius 1 is 1.29 bits per heavy atom. The van der Waals surface area contributed by atoms with E-state index in [0.717, 1.165) is 12.0 Å². The molecule has 1 amide bonds. The van der Waals surface area contributed by atoms with Crippen LogP contribution in [0.3, 0.4) is 0 Å². The zero-order valence-corrected chi connectivity index (χ0v) is 12.4. The zero-order chi connectivity index (χ0) is 14.9. The molecular formula is C16H25N3O2. The molecule has 1 fully saturated rings. The maximum absolute atomic E-state index is 11.8. The van der Waals surface area contributed by atoms with Gasteiger partial charge in [-0.05, 0) is 17.9 Å². The van der Waals surface area contributed by atoms with Crippen LogP contribution >= 0.6 is 0 Å². The summed E-state index contributed by atoms with van der Waals surface area (Å²) in [6.07, 6.45) is 5.88. The Morgan fingerprint density at radius 3 is 2.67 bits per heavy atom. The minimum atomic E-state index is -0.131. The molecule has 0 spiro atoms. The van der Waals surface area contributed by atoms with Crippen molar-refractivity contribution in [1.29, 1.82) is 0 Å². The maximum atomic E-state index is 11.8. The smallest absolute Gasteiger partial charge is 0.238 e. The lowest BCUT2D eigenvalue weighted by atomic mass is 9.93. The van der Waals surface area contributed by atoms with Crippen LogP contribution in [0.1, 0.15) is 37.7 Å². The molecule has 1 atom stereocenters. The summed E-state index contributed by atoms with van der Waals surface area (Å²) in [5, 5.41) is 0. The fourth-order valence-electron chi connectivity index (χ4n) is 2.92. The molecular weight excluding hydrogens is 266 g/mol. The first-order valence-electron chi connectivity index (χ1n) is 7.68.